The highest BCUT2D eigenvalue weighted by Crippen LogP contribution is 2.38. The Balaban J connectivity index is 3.67. The highest BCUT2D eigenvalue weighted by Gasteiger charge is 2.24. The maximum absolute atomic E-state index is 11.4. The van der Waals surface area contributed by atoms with Crippen LogP contribution in [0.15, 0.2) is 6.07 Å². The van der Waals surface area contributed by atoms with E-state index < -0.39 is 5.75 Å². The first kappa shape index (κ1) is 13.0. The van der Waals surface area contributed by atoms with Crippen molar-refractivity contribution in [2.75, 3.05) is 14.2 Å². The maximum atomic E-state index is 11.4. The number of ether oxygens (including phenoxy) is 2. The Morgan fingerprint density at radius 1 is 1.00 bits per heavy atom. The molecule has 0 heterocycles. The topological polar surface area (TPSA) is 72.8 Å². The van der Waals surface area contributed by atoms with E-state index in [4.69, 9.17) is 9.47 Å². The van der Waals surface area contributed by atoms with E-state index in [1.54, 1.807) is 0 Å². The van der Waals surface area contributed by atoms with Gasteiger partial charge in [0.15, 0.2) is 11.6 Å². The Morgan fingerprint density at radius 2 is 1.35 bits per heavy atom. The third kappa shape index (κ3) is 2.22. The van der Waals surface area contributed by atoms with Crippen LogP contribution in [0.3, 0.4) is 0 Å². The summed E-state index contributed by atoms with van der Waals surface area (Å²) in [7, 11) is 2.74. The first-order valence-electron chi connectivity index (χ1n) is 4.93. The van der Waals surface area contributed by atoms with Gasteiger partial charge in [-0.15, -0.1) is 0 Å². The Hall–Kier alpha value is -2.04. The summed E-state index contributed by atoms with van der Waals surface area (Å²) < 4.78 is 9.99. The molecule has 1 N–H and O–H groups in total. The van der Waals surface area contributed by atoms with Gasteiger partial charge in [0, 0.05) is 6.07 Å². The summed E-state index contributed by atoms with van der Waals surface area (Å²) in [4.78, 5) is 22.9. The molecule has 0 fully saturated rings. The van der Waals surface area contributed by atoms with Gasteiger partial charge in [-0.05, 0) is 13.8 Å². The first-order valence-corrected chi connectivity index (χ1v) is 4.93. The average molecular weight is 238 g/mol. The molecule has 0 aliphatic carbocycles. The fourth-order valence-corrected chi connectivity index (χ4v) is 1.62. The molecule has 0 atom stereocenters. The Morgan fingerprint density at radius 3 is 1.59 bits per heavy atom. The number of hydrogen-bond donors (Lipinski definition) is 1. The predicted octanol–water partition coefficient (Wildman–Crippen LogP) is 1.81. The van der Waals surface area contributed by atoms with Gasteiger partial charge in [0.25, 0.3) is 0 Å². The van der Waals surface area contributed by atoms with Gasteiger partial charge in [-0.3, -0.25) is 9.59 Å². The normalized spacial score (nSPS) is 9.88. The van der Waals surface area contributed by atoms with Crippen LogP contribution in [0.4, 0.5) is 0 Å². The van der Waals surface area contributed by atoms with Crippen molar-refractivity contribution in [2.24, 2.45) is 0 Å². The van der Waals surface area contributed by atoms with Crippen molar-refractivity contribution in [1.29, 1.82) is 0 Å². The van der Waals surface area contributed by atoms with Gasteiger partial charge in [0.2, 0.25) is 0 Å². The van der Waals surface area contributed by atoms with E-state index in [2.05, 4.69) is 0 Å². The van der Waals surface area contributed by atoms with Gasteiger partial charge in [-0.1, -0.05) is 0 Å². The van der Waals surface area contributed by atoms with E-state index in [0.29, 0.717) is 0 Å². The van der Waals surface area contributed by atoms with Crippen molar-refractivity contribution >= 4 is 11.6 Å². The lowest BCUT2D eigenvalue weighted by molar-refractivity contribution is 0.101. The molecular weight excluding hydrogens is 224 g/mol. The van der Waals surface area contributed by atoms with Crippen LogP contribution < -0.4 is 9.47 Å². The number of ketones is 2. The summed E-state index contributed by atoms with van der Waals surface area (Å²) in [6.45, 7) is 2.57. The average Bonchev–Trinajstić information content (AvgIpc) is 2.26. The number of phenols is 1. The lowest BCUT2D eigenvalue weighted by atomic mass is 10.0. The van der Waals surface area contributed by atoms with Crippen molar-refractivity contribution in [3.63, 3.8) is 0 Å². The summed E-state index contributed by atoms with van der Waals surface area (Å²) in [5.74, 6) is -0.816. The molecule has 0 amide bonds. The van der Waals surface area contributed by atoms with Crippen molar-refractivity contribution in [3.05, 3.63) is 17.2 Å². The van der Waals surface area contributed by atoms with Crippen LogP contribution in [-0.2, 0) is 0 Å². The van der Waals surface area contributed by atoms with Gasteiger partial charge < -0.3 is 14.6 Å². The molecule has 0 aliphatic rings. The molecule has 0 radical (unpaired) electrons. The summed E-state index contributed by atoms with van der Waals surface area (Å²) >= 11 is 0. The fraction of sp³-hybridized carbons (Fsp3) is 0.333. The van der Waals surface area contributed by atoms with E-state index in [1.165, 1.54) is 34.1 Å². The molecule has 17 heavy (non-hydrogen) atoms. The van der Waals surface area contributed by atoms with Crippen molar-refractivity contribution in [1.82, 2.24) is 0 Å². The highest BCUT2D eigenvalue weighted by atomic mass is 16.5. The molecular formula is C12H14O5. The number of phenolic OH excluding ortho intramolecular Hbond substituents is 1. The Kier molecular flexibility index (Phi) is 3.73. The third-order valence-electron chi connectivity index (χ3n) is 2.37. The molecule has 5 heteroatoms. The van der Waals surface area contributed by atoms with E-state index in [9.17, 15) is 14.7 Å². The molecule has 1 aromatic carbocycles. The number of hydrogen-bond acceptors (Lipinski definition) is 5. The number of rotatable bonds is 4. The van der Waals surface area contributed by atoms with Gasteiger partial charge in [0.05, 0.1) is 14.2 Å². The zero-order valence-electron chi connectivity index (χ0n) is 10.2. The molecule has 0 unspecified atom stereocenters. The second-order valence-corrected chi connectivity index (χ2v) is 3.49. The number of methoxy groups -OCH3 is 2. The molecule has 5 nitrogen and oxygen atoms in total. The van der Waals surface area contributed by atoms with Crippen molar-refractivity contribution in [2.45, 2.75) is 13.8 Å². The fourth-order valence-electron chi connectivity index (χ4n) is 1.62. The molecule has 1 rings (SSSR count). The standard InChI is InChI=1S/C12H14O5/c1-6(13)10-8(16-3)5-9(17-4)11(7(2)14)12(10)15/h5,15H,1-4H3. The van der Waals surface area contributed by atoms with Gasteiger partial charge in [-0.25, -0.2) is 0 Å². The number of carbonyl (C=O) groups is 2. The van der Waals surface area contributed by atoms with Crippen LogP contribution in [0.1, 0.15) is 34.6 Å². The molecule has 92 valence electrons. The van der Waals surface area contributed by atoms with Crippen molar-refractivity contribution in [3.8, 4) is 17.2 Å². The summed E-state index contributed by atoms with van der Waals surface area (Å²) in [6, 6.07) is 1.41. The number of carbonyl (C=O) groups excluding carboxylic acids is 2. The molecule has 0 saturated carbocycles. The minimum atomic E-state index is -0.402. The minimum absolute atomic E-state index is 0.0153. The molecule has 0 saturated heterocycles. The lowest BCUT2D eigenvalue weighted by Gasteiger charge is -2.14. The first-order chi connectivity index (χ1) is 7.93. The summed E-state index contributed by atoms with van der Waals surface area (Å²) in [6.07, 6.45) is 0. The quantitative estimate of drug-likeness (QED) is 0.810. The number of benzene rings is 1. The third-order valence-corrected chi connectivity index (χ3v) is 2.37. The SMILES string of the molecule is COc1cc(OC)c(C(C)=O)c(O)c1C(C)=O. The van der Waals surface area contributed by atoms with Crippen LogP contribution in [0.5, 0.6) is 17.2 Å². The predicted molar refractivity (Wildman–Crippen MR) is 61.2 cm³/mol. The van der Waals surface area contributed by atoms with Crippen LogP contribution >= 0.6 is 0 Å². The summed E-state index contributed by atoms with van der Waals surface area (Å²) in [5.41, 5.74) is -0.0306. The number of aromatic hydroxyl groups is 1. The van der Waals surface area contributed by atoms with E-state index in [-0.39, 0.29) is 34.2 Å². The van der Waals surface area contributed by atoms with Gasteiger partial charge in [0.1, 0.15) is 28.4 Å². The van der Waals surface area contributed by atoms with Crippen LogP contribution in [0.25, 0.3) is 0 Å². The van der Waals surface area contributed by atoms with Crippen LogP contribution in [0, 0.1) is 0 Å². The monoisotopic (exact) mass is 238 g/mol. The zero-order valence-corrected chi connectivity index (χ0v) is 10.2. The van der Waals surface area contributed by atoms with Gasteiger partial charge in [-0.2, -0.15) is 0 Å². The van der Waals surface area contributed by atoms with E-state index in [0.717, 1.165) is 0 Å². The molecule has 0 bridgehead atoms. The second-order valence-electron chi connectivity index (χ2n) is 3.49. The highest BCUT2D eigenvalue weighted by molar-refractivity contribution is 6.07. The minimum Gasteiger partial charge on any atom is -0.506 e. The zero-order chi connectivity index (χ0) is 13.2. The van der Waals surface area contributed by atoms with Crippen molar-refractivity contribution < 1.29 is 24.2 Å². The summed E-state index contributed by atoms with van der Waals surface area (Å²) in [5, 5.41) is 9.95. The lowest BCUT2D eigenvalue weighted by Crippen LogP contribution is -2.05. The van der Waals surface area contributed by atoms with Crippen LogP contribution in [-0.4, -0.2) is 30.9 Å². The number of Topliss-reactive ketones (excluding diaryl/α,β-unsaturated/α-hetero) is 2. The molecule has 1 aromatic rings. The van der Waals surface area contributed by atoms with E-state index >= 15 is 0 Å². The smallest absolute Gasteiger partial charge is 0.167 e. The molecule has 0 spiro atoms. The Labute approximate surface area is 99.0 Å². The molecule has 0 aromatic heterocycles. The molecule has 0 aliphatic heterocycles. The Bertz CT molecular complexity index is 436. The second kappa shape index (κ2) is 4.86. The van der Waals surface area contributed by atoms with E-state index in [1.807, 2.05) is 0 Å². The van der Waals surface area contributed by atoms with Crippen LogP contribution in [0.2, 0.25) is 0 Å². The maximum Gasteiger partial charge on any atom is 0.167 e. The largest absolute Gasteiger partial charge is 0.506 e. The van der Waals surface area contributed by atoms with Gasteiger partial charge >= 0.3 is 0 Å².